The van der Waals surface area contributed by atoms with Gasteiger partial charge in [0.15, 0.2) is 0 Å². The Labute approximate surface area is 117 Å². The number of ether oxygens (including phenoxy) is 1. The van der Waals surface area contributed by atoms with Crippen molar-refractivity contribution in [2.24, 2.45) is 0 Å². The van der Waals surface area contributed by atoms with Crippen LogP contribution in [-0.2, 0) is 6.54 Å². The highest BCUT2D eigenvalue weighted by Crippen LogP contribution is 2.14. The molecule has 0 aliphatic heterocycles. The van der Waals surface area contributed by atoms with Crippen molar-refractivity contribution in [2.45, 2.75) is 6.54 Å². The Hall–Kier alpha value is -2.00. The molecule has 0 spiro atoms. The van der Waals surface area contributed by atoms with Crippen LogP contribution in [-0.4, -0.2) is 18.0 Å². The fourth-order valence-electron chi connectivity index (χ4n) is 1.64. The molecule has 0 saturated carbocycles. The molecule has 1 amide bonds. The fourth-order valence-corrected chi connectivity index (χ4v) is 1.85. The summed E-state index contributed by atoms with van der Waals surface area (Å²) < 4.78 is 5.23. The number of nitrogens with zero attached hydrogens (tertiary/aromatic N) is 1. The summed E-state index contributed by atoms with van der Waals surface area (Å²) in [5.74, 6) is 0.533. The summed E-state index contributed by atoms with van der Waals surface area (Å²) in [4.78, 5) is 13.4. The van der Waals surface area contributed by atoms with Gasteiger partial charge in [-0.25, -0.2) is 4.79 Å². The zero-order chi connectivity index (χ0) is 13.7. The van der Waals surface area contributed by atoms with Crippen LogP contribution in [0.25, 0.3) is 0 Å². The van der Waals surface area contributed by atoms with E-state index in [-0.39, 0.29) is 0 Å². The Kier molecular flexibility index (Phi) is 4.42. The van der Waals surface area contributed by atoms with Crippen LogP contribution in [0.15, 0.2) is 54.6 Å². The summed E-state index contributed by atoms with van der Waals surface area (Å²) in [5.41, 5.74) is 0.958. The Bertz CT molecular complexity index is 557. The second kappa shape index (κ2) is 6.25. The largest absolute Gasteiger partial charge is 0.415 e. The topological polar surface area (TPSA) is 29.5 Å². The van der Waals surface area contributed by atoms with Crippen molar-refractivity contribution < 1.29 is 9.53 Å². The third-order valence-corrected chi connectivity index (χ3v) is 2.80. The van der Waals surface area contributed by atoms with Crippen molar-refractivity contribution in [2.75, 3.05) is 7.05 Å². The molecule has 3 nitrogen and oxygen atoms in total. The van der Waals surface area contributed by atoms with Gasteiger partial charge >= 0.3 is 6.09 Å². The molecule has 0 bridgehead atoms. The van der Waals surface area contributed by atoms with Crippen LogP contribution < -0.4 is 4.74 Å². The van der Waals surface area contributed by atoms with E-state index < -0.39 is 6.09 Å². The second-order valence-corrected chi connectivity index (χ2v) is 4.60. The molecular formula is C15H14ClNO2. The molecule has 0 fully saturated rings. The summed E-state index contributed by atoms with van der Waals surface area (Å²) in [6, 6.07) is 16.4. The first kappa shape index (κ1) is 13.4. The van der Waals surface area contributed by atoms with Crippen molar-refractivity contribution in [1.82, 2.24) is 4.90 Å². The third-order valence-electron chi connectivity index (χ3n) is 2.57. The first-order chi connectivity index (χ1) is 9.15. The Balaban J connectivity index is 1.96. The molecule has 4 heteroatoms. The second-order valence-electron chi connectivity index (χ2n) is 4.17. The van der Waals surface area contributed by atoms with Crippen LogP contribution >= 0.6 is 11.6 Å². The van der Waals surface area contributed by atoms with Crippen LogP contribution in [0.2, 0.25) is 5.02 Å². The van der Waals surface area contributed by atoms with Crippen molar-refractivity contribution in [3.05, 3.63) is 65.2 Å². The van der Waals surface area contributed by atoms with Gasteiger partial charge in [-0.1, -0.05) is 41.9 Å². The predicted octanol–water partition coefficient (Wildman–Crippen LogP) is 3.97. The van der Waals surface area contributed by atoms with Gasteiger partial charge in [0.05, 0.1) is 0 Å². The molecule has 0 aromatic heterocycles. The summed E-state index contributed by atoms with van der Waals surface area (Å²) in [5, 5.41) is 0.655. The van der Waals surface area contributed by atoms with Crippen molar-refractivity contribution in [1.29, 1.82) is 0 Å². The zero-order valence-corrected chi connectivity index (χ0v) is 11.3. The molecule has 0 heterocycles. The van der Waals surface area contributed by atoms with Gasteiger partial charge in [0.2, 0.25) is 0 Å². The minimum Gasteiger partial charge on any atom is -0.410 e. The lowest BCUT2D eigenvalue weighted by Gasteiger charge is -2.16. The number of amides is 1. The zero-order valence-electron chi connectivity index (χ0n) is 10.5. The highest BCUT2D eigenvalue weighted by Gasteiger charge is 2.11. The molecule has 0 radical (unpaired) electrons. The van der Waals surface area contributed by atoms with Crippen LogP contribution in [0.3, 0.4) is 0 Å². The maximum absolute atomic E-state index is 11.9. The van der Waals surface area contributed by atoms with Crippen molar-refractivity contribution in [3.8, 4) is 5.75 Å². The van der Waals surface area contributed by atoms with Crippen LogP contribution in [0.4, 0.5) is 4.79 Å². The molecule has 0 atom stereocenters. The van der Waals surface area contributed by atoms with Crippen LogP contribution in [0.5, 0.6) is 5.75 Å². The van der Waals surface area contributed by atoms with Gasteiger partial charge in [0, 0.05) is 18.6 Å². The molecule has 2 rings (SSSR count). The Morgan fingerprint density at radius 3 is 2.58 bits per heavy atom. The van der Waals surface area contributed by atoms with Gasteiger partial charge in [-0.05, 0) is 29.8 Å². The number of para-hydroxylation sites is 1. The van der Waals surface area contributed by atoms with Gasteiger partial charge in [0.25, 0.3) is 0 Å². The standard InChI is InChI=1S/C15H14ClNO2/c1-17(11-12-6-5-7-13(16)10-12)15(18)19-14-8-3-2-4-9-14/h2-10H,11H2,1H3. The fraction of sp³-hybridized carbons (Fsp3) is 0.133. The first-order valence-corrected chi connectivity index (χ1v) is 6.25. The van der Waals surface area contributed by atoms with E-state index in [0.717, 1.165) is 5.56 Å². The average Bonchev–Trinajstić information content (AvgIpc) is 2.40. The van der Waals surface area contributed by atoms with Gasteiger partial charge in [-0.2, -0.15) is 0 Å². The van der Waals surface area contributed by atoms with E-state index in [2.05, 4.69) is 0 Å². The maximum atomic E-state index is 11.9. The molecule has 98 valence electrons. The van der Waals surface area contributed by atoms with Gasteiger partial charge in [-0.3, -0.25) is 0 Å². The van der Waals surface area contributed by atoms with Crippen LogP contribution in [0, 0.1) is 0 Å². The maximum Gasteiger partial charge on any atom is 0.415 e. The predicted molar refractivity (Wildman–Crippen MR) is 75.4 cm³/mol. The highest BCUT2D eigenvalue weighted by molar-refractivity contribution is 6.30. The van der Waals surface area contributed by atoms with Gasteiger partial charge < -0.3 is 9.64 Å². The molecule has 19 heavy (non-hydrogen) atoms. The number of hydrogen-bond donors (Lipinski definition) is 0. The first-order valence-electron chi connectivity index (χ1n) is 5.87. The van der Waals surface area contributed by atoms with Crippen molar-refractivity contribution >= 4 is 17.7 Å². The quantitative estimate of drug-likeness (QED) is 0.848. The van der Waals surface area contributed by atoms with Crippen molar-refractivity contribution in [3.63, 3.8) is 0 Å². The van der Waals surface area contributed by atoms with Gasteiger partial charge in [0.1, 0.15) is 5.75 Å². The smallest absolute Gasteiger partial charge is 0.410 e. The molecule has 0 N–H and O–H groups in total. The number of rotatable bonds is 3. The number of carbonyl (C=O) groups is 1. The van der Waals surface area contributed by atoms with E-state index >= 15 is 0 Å². The third kappa shape index (κ3) is 4.00. The molecule has 0 aliphatic rings. The summed E-state index contributed by atoms with van der Waals surface area (Å²) in [7, 11) is 1.69. The van der Waals surface area contributed by atoms with E-state index in [1.165, 1.54) is 4.90 Å². The summed E-state index contributed by atoms with van der Waals surface area (Å²) in [6.07, 6.45) is -0.397. The average molecular weight is 276 g/mol. The lowest BCUT2D eigenvalue weighted by atomic mass is 10.2. The van der Waals surface area contributed by atoms with Crippen LogP contribution in [0.1, 0.15) is 5.56 Å². The number of hydrogen-bond acceptors (Lipinski definition) is 2. The normalized spacial score (nSPS) is 10.0. The molecule has 2 aromatic rings. The Morgan fingerprint density at radius 1 is 1.16 bits per heavy atom. The lowest BCUT2D eigenvalue weighted by Crippen LogP contribution is -2.29. The minimum atomic E-state index is -0.397. The number of benzene rings is 2. The summed E-state index contributed by atoms with van der Waals surface area (Å²) >= 11 is 5.90. The molecule has 2 aromatic carbocycles. The molecular weight excluding hydrogens is 262 g/mol. The summed E-state index contributed by atoms with van der Waals surface area (Å²) in [6.45, 7) is 0.451. The molecule has 0 unspecified atom stereocenters. The number of carbonyl (C=O) groups excluding carboxylic acids is 1. The van der Waals surface area contributed by atoms with E-state index in [9.17, 15) is 4.79 Å². The van der Waals surface area contributed by atoms with Gasteiger partial charge in [-0.15, -0.1) is 0 Å². The Morgan fingerprint density at radius 2 is 1.89 bits per heavy atom. The number of halogens is 1. The van der Waals surface area contributed by atoms with E-state index in [1.807, 2.05) is 36.4 Å². The molecule has 0 saturated heterocycles. The van der Waals surface area contributed by atoms with E-state index in [1.54, 1.807) is 25.2 Å². The SMILES string of the molecule is CN(Cc1cccc(Cl)c1)C(=O)Oc1ccccc1. The van der Waals surface area contributed by atoms with E-state index in [0.29, 0.717) is 17.3 Å². The monoisotopic (exact) mass is 275 g/mol. The van der Waals surface area contributed by atoms with E-state index in [4.69, 9.17) is 16.3 Å². The highest BCUT2D eigenvalue weighted by atomic mass is 35.5. The lowest BCUT2D eigenvalue weighted by molar-refractivity contribution is 0.161. The molecule has 0 aliphatic carbocycles. The minimum absolute atomic E-state index is 0.397.